The normalized spacial score (nSPS) is 9.81. The summed E-state index contributed by atoms with van der Waals surface area (Å²) in [5.74, 6) is 0.0272. The van der Waals surface area contributed by atoms with Crippen molar-refractivity contribution in [3.63, 3.8) is 0 Å². The second kappa shape index (κ2) is 8.79. The highest BCUT2D eigenvalue weighted by atomic mass is 16.5. The Hall–Kier alpha value is -2.30. The van der Waals surface area contributed by atoms with Gasteiger partial charge < -0.3 is 14.4 Å². The van der Waals surface area contributed by atoms with Gasteiger partial charge in [-0.2, -0.15) is 0 Å². The van der Waals surface area contributed by atoms with Gasteiger partial charge in [-0.15, -0.1) is 6.58 Å². The molecule has 0 aliphatic rings. The van der Waals surface area contributed by atoms with Crippen molar-refractivity contribution in [3.05, 3.63) is 42.5 Å². The lowest BCUT2D eigenvalue weighted by Gasteiger charge is -2.20. The SMILES string of the molecule is C=CCN(CC(=O)OCC)C(=O)c1ccc(OCC)cc1. The molecule has 0 radical (unpaired) electrons. The molecule has 1 aromatic carbocycles. The average Bonchev–Trinajstić information content (AvgIpc) is 2.47. The van der Waals surface area contributed by atoms with Gasteiger partial charge in [0.2, 0.25) is 0 Å². The van der Waals surface area contributed by atoms with E-state index in [1.807, 2.05) is 6.92 Å². The van der Waals surface area contributed by atoms with Gasteiger partial charge in [-0.25, -0.2) is 0 Å². The average molecular weight is 291 g/mol. The number of rotatable bonds is 8. The first-order valence-electron chi connectivity index (χ1n) is 6.91. The molecule has 5 nitrogen and oxygen atoms in total. The van der Waals surface area contributed by atoms with Crippen LogP contribution in [0.5, 0.6) is 5.75 Å². The van der Waals surface area contributed by atoms with E-state index in [-0.39, 0.29) is 25.6 Å². The molecular formula is C16H21NO4. The molecule has 0 bridgehead atoms. The van der Waals surface area contributed by atoms with Crippen molar-refractivity contribution >= 4 is 11.9 Å². The van der Waals surface area contributed by atoms with E-state index < -0.39 is 5.97 Å². The standard InChI is InChI=1S/C16H21NO4/c1-4-11-17(12-15(18)21-6-3)16(19)13-7-9-14(10-8-13)20-5-2/h4,7-10H,1,5-6,11-12H2,2-3H3. The molecule has 5 heteroatoms. The zero-order valence-corrected chi connectivity index (χ0v) is 12.5. The molecule has 0 aliphatic heterocycles. The first-order valence-corrected chi connectivity index (χ1v) is 6.91. The van der Waals surface area contributed by atoms with Gasteiger partial charge in [0.15, 0.2) is 0 Å². The molecule has 1 aromatic rings. The number of esters is 1. The molecule has 0 unspecified atom stereocenters. The maximum atomic E-state index is 12.4. The Balaban J connectivity index is 2.79. The number of carbonyl (C=O) groups is 2. The minimum atomic E-state index is -0.432. The van der Waals surface area contributed by atoms with Gasteiger partial charge in [0, 0.05) is 12.1 Å². The molecule has 0 N–H and O–H groups in total. The predicted molar refractivity (Wildman–Crippen MR) is 80.3 cm³/mol. The molecule has 0 fully saturated rings. The second-order valence-electron chi connectivity index (χ2n) is 4.24. The fourth-order valence-corrected chi connectivity index (χ4v) is 1.78. The minimum Gasteiger partial charge on any atom is -0.494 e. The number of amides is 1. The zero-order valence-electron chi connectivity index (χ0n) is 12.5. The van der Waals surface area contributed by atoms with Gasteiger partial charge in [0.1, 0.15) is 12.3 Å². The molecule has 21 heavy (non-hydrogen) atoms. The smallest absolute Gasteiger partial charge is 0.325 e. The van der Waals surface area contributed by atoms with Crippen molar-refractivity contribution in [3.8, 4) is 5.75 Å². The number of carbonyl (C=O) groups excluding carboxylic acids is 2. The van der Waals surface area contributed by atoms with Crippen molar-refractivity contribution in [2.24, 2.45) is 0 Å². The summed E-state index contributed by atoms with van der Waals surface area (Å²) >= 11 is 0. The van der Waals surface area contributed by atoms with Gasteiger partial charge in [0.25, 0.3) is 5.91 Å². The second-order valence-corrected chi connectivity index (χ2v) is 4.24. The highest BCUT2D eigenvalue weighted by Crippen LogP contribution is 2.14. The Kier molecular flexibility index (Phi) is 7.01. The van der Waals surface area contributed by atoms with E-state index in [1.165, 1.54) is 4.90 Å². The van der Waals surface area contributed by atoms with Crippen molar-refractivity contribution in [1.82, 2.24) is 4.90 Å². The van der Waals surface area contributed by atoms with Crippen molar-refractivity contribution in [1.29, 1.82) is 0 Å². The molecule has 0 heterocycles. The van der Waals surface area contributed by atoms with Gasteiger partial charge in [-0.1, -0.05) is 6.08 Å². The molecule has 1 amide bonds. The Labute approximate surface area is 125 Å². The lowest BCUT2D eigenvalue weighted by atomic mass is 10.2. The third-order valence-corrected chi connectivity index (χ3v) is 2.67. The highest BCUT2D eigenvalue weighted by Gasteiger charge is 2.18. The molecular weight excluding hydrogens is 270 g/mol. The van der Waals surface area contributed by atoms with Crippen LogP contribution in [0, 0.1) is 0 Å². The van der Waals surface area contributed by atoms with Gasteiger partial charge in [-0.05, 0) is 38.1 Å². The quantitative estimate of drug-likeness (QED) is 0.544. The highest BCUT2D eigenvalue weighted by molar-refractivity contribution is 5.96. The summed E-state index contributed by atoms with van der Waals surface area (Å²) in [6.45, 7) is 8.27. The van der Waals surface area contributed by atoms with Crippen LogP contribution in [0.2, 0.25) is 0 Å². The monoisotopic (exact) mass is 291 g/mol. The lowest BCUT2D eigenvalue weighted by molar-refractivity contribution is -0.143. The molecule has 0 spiro atoms. The lowest BCUT2D eigenvalue weighted by Crippen LogP contribution is -2.36. The van der Waals surface area contributed by atoms with E-state index in [4.69, 9.17) is 9.47 Å². The molecule has 0 aliphatic carbocycles. The van der Waals surface area contributed by atoms with Crippen LogP contribution in [0.15, 0.2) is 36.9 Å². The minimum absolute atomic E-state index is 0.0914. The van der Waals surface area contributed by atoms with Gasteiger partial charge >= 0.3 is 5.97 Å². The third kappa shape index (κ3) is 5.30. The third-order valence-electron chi connectivity index (χ3n) is 2.67. The van der Waals surface area contributed by atoms with E-state index in [0.29, 0.717) is 17.9 Å². The maximum absolute atomic E-state index is 12.4. The largest absolute Gasteiger partial charge is 0.494 e. The number of benzene rings is 1. The van der Waals surface area contributed by atoms with Crippen molar-refractivity contribution in [2.45, 2.75) is 13.8 Å². The van der Waals surface area contributed by atoms with Gasteiger partial charge in [0.05, 0.1) is 13.2 Å². The van der Waals surface area contributed by atoms with Gasteiger partial charge in [-0.3, -0.25) is 9.59 Å². The Bertz CT molecular complexity index is 482. The maximum Gasteiger partial charge on any atom is 0.325 e. The number of nitrogens with zero attached hydrogens (tertiary/aromatic N) is 1. The fraction of sp³-hybridized carbons (Fsp3) is 0.375. The van der Waals surface area contributed by atoms with Crippen LogP contribution in [0.1, 0.15) is 24.2 Å². The van der Waals surface area contributed by atoms with Crippen LogP contribution >= 0.6 is 0 Å². The van der Waals surface area contributed by atoms with E-state index in [0.717, 1.165) is 0 Å². The molecule has 1 rings (SSSR count). The van der Waals surface area contributed by atoms with Crippen LogP contribution in [-0.2, 0) is 9.53 Å². The Morgan fingerprint density at radius 1 is 1.19 bits per heavy atom. The van der Waals surface area contributed by atoms with E-state index >= 15 is 0 Å². The van der Waals surface area contributed by atoms with Crippen LogP contribution in [-0.4, -0.2) is 43.1 Å². The number of hydrogen-bond acceptors (Lipinski definition) is 4. The zero-order chi connectivity index (χ0) is 15.7. The summed E-state index contributed by atoms with van der Waals surface area (Å²) in [4.78, 5) is 25.3. The van der Waals surface area contributed by atoms with E-state index in [9.17, 15) is 9.59 Å². The summed E-state index contributed by atoms with van der Waals surface area (Å²) < 4.78 is 10.2. The first-order chi connectivity index (χ1) is 10.1. The predicted octanol–water partition coefficient (Wildman–Crippen LogP) is 2.28. The number of hydrogen-bond donors (Lipinski definition) is 0. The molecule has 0 saturated carbocycles. The van der Waals surface area contributed by atoms with Crippen LogP contribution in [0.4, 0.5) is 0 Å². The topological polar surface area (TPSA) is 55.8 Å². The van der Waals surface area contributed by atoms with Crippen LogP contribution in [0.25, 0.3) is 0 Å². The Morgan fingerprint density at radius 2 is 1.86 bits per heavy atom. The van der Waals surface area contributed by atoms with Crippen molar-refractivity contribution in [2.75, 3.05) is 26.3 Å². The van der Waals surface area contributed by atoms with Crippen molar-refractivity contribution < 1.29 is 19.1 Å². The number of ether oxygens (including phenoxy) is 2. The van der Waals surface area contributed by atoms with E-state index in [2.05, 4.69) is 6.58 Å². The summed E-state index contributed by atoms with van der Waals surface area (Å²) in [5.41, 5.74) is 0.490. The fourth-order valence-electron chi connectivity index (χ4n) is 1.78. The summed E-state index contributed by atoms with van der Waals surface area (Å²) in [7, 11) is 0. The molecule has 0 atom stereocenters. The summed E-state index contributed by atoms with van der Waals surface area (Å²) in [6.07, 6.45) is 1.58. The van der Waals surface area contributed by atoms with E-state index in [1.54, 1.807) is 37.3 Å². The van der Waals surface area contributed by atoms with Crippen LogP contribution in [0.3, 0.4) is 0 Å². The molecule has 114 valence electrons. The molecule has 0 saturated heterocycles. The Morgan fingerprint density at radius 3 is 2.38 bits per heavy atom. The summed E-state index contributed by atoms with van der Waals surface area (Å²) in [6, 6.07) is 6.81. The summed E-state index contributed by atoms with van der Waals surface area (Å²) in [5, 5.41) is 0. The van der Waals surface area contributed by atoms with Crippen LogP contribution < -0.4 is 4.74 Å². The first kappa shape index (κ1) is 16.8. The molecule has 0 aromatic heterocycles.